The minimum atomic E-state index is -0.996. The van der Waals surface area contributed by atoms with E-state index in [1.165, 1.54) is 6.07 Å². The van der Waals surface area contributed by atoms with Crippen molar-refractivity contribution in [2.75, 3.05) is 0 Å². The van der Waals surface area contributed by atoms with Crippen molar-refractivity contribution in [2.45, 2.75) is 31.7 Å². The van der Waals surface area contributed by atoms with Gasteiger partial charge in [-0.2, -0.15) is 0 Å². The Bertz CT molecular complexity index is 852. The predicted octanol–water partition coefficient (Wildman–Crippen LogP) is 3.15. The van der Waals surface area contributed by atoms with E-state index in [1.807, 2.05) is 37.3 Å². The smallest absolute Gasteiger partial charge is 0.335 e. The number of nitrogens with zero attached hydrogens (tertiary/aromatic N) is 1. The third kappa shape index (κ3) is 2.59. The van der Waals surface area contributed by atoms with Crippen LogP contribution in [0.25, 0.3) is 0 Å². The molecule has 0 aliphatic carbocycles. The normalized spacial score (nSPS) is 24.1. The van der Waals surface area contributed by atoms with Gasteiger partial charge in [-0.1, -0.05) is 30.3 Å². The first-order valence-corrected chi connectivity index (χ1v) is 8.14. The van der Waals surface area contributed by atoms with Crippen molar-refractivity contribution >= 4 is 12.0 Å². The Hall–Kier alpha value is -3.02. The molecule has 2 bridgehead atoms. The number of hydrogen-bond acceptors (Lipinski definition) is 3. The molecular formula is C19H18N2O4. The van der Waals surface area contributed by atoms with E-state index in [0.717, 1.165) is 5.56 Å². The lowest BCUT2D eigenvalue weighted by atomic mass is 9.89. The number of nitrogens with one attached hydrogen (secondary N) is 1. The van der Waals surface area contributed by atoms with Crippen LogP contribution in [0.15, 0.2) is 48.5 Å². The summed E-state index contributed by atoms with van der Waals surface area (Å²) in [4.78, 5) is 25.6. The SMILES string of the molecule is C[C@@]12C[C@H](NC(=O)N1Cc1ccccc1)c1cc(C(=O)O)ccc1O2. The van der Waals surface area contributed by atoms with E-state index in [2.05, 4.69) is 5.32 Å². The van der Waals surface area contributed by atoms with Gasteiger partial charge in [0.1, 0.15) is 5.75 Å². The third-order valence-electron chi connectivity index (χ3n) is 4.84. The Kier molecular flexibility index (Phi) is 3.42. The molecule has 2 aromatic rings. The summed E-state index contributed by atoms with van der Waals surface area (Å²) in [5.41, 5.74) is 1.14. The van der Waals surface area contributed by atoms with E-state index in [9.17, 15) is 14.7 Å². The highest BCUT2D eigenvalue weighted by Crippen LogP contribution is 2.44. The zero-order chi connectivity index (χ0) is 17.6. The maximum Gasteiger partial charge on any atom is 0.335 e. The molecule has 0 radical (unpaired) electrons. The molecule has 2 heterocycles. The largest absolute Gasteiger partial charge is 0.478 e. The zero-order valence-corrected chi connectivity index (χ0v) is 13.7. The van der Waals surface area contributed by atoms with Crippen molar-refractivity contribution in [2.24, 2.45) is 0 Å². The Labute approximate surface area is 145 Å². The van der Waals surface area contributed by atoms with Crippen LogP contribution in [0.4, 0.5) is 4.79 Å². The molecule has 1 saturated heterocycles. The maximum atomic E-state index is 12.7. The number of fused-ring (bicyclic) bond motifs is 4. The van der Waals surface area contributed by atoms with E-state index in [0.29, 0.717) is 24.3 Å². The van der Waals surface area contributed by atoms with Crippen molar-refractivity contribution in [3.63, 3.8) is 0 Å². The summed E-state index contributed by atoms with van der Waals surface area (Å²) in [6.45, 7) is 2.34. The van der Waals surface area contributed by atoms with Crippen LogP contribution in [-0.2, 0) is 6.54 Å². The van der Waals surface area contributed by atoms with Gasteiger partial charge in [0, 0.05) is 12.0 Å². The highest BCUT2D eigenvalue weighted by atomic mass is 16.5. The number of carbonyl (C=O) groups is 2. The monoisotopic (exact) mass is 338 g/mol. The van der Waals surface area contributed by atoms with Gasteiger partial charge in [-0.05, 0) is 30.7 Å². The Morgan fingerprint density at radius 3 is 2.80 bits per heavy atom. The van der Waals surface area contributed by atoms with Crippen molar-refractivity contribution < 1.29 is 19.4 Å². The van der Waals surface area contributed by atoms with Gasteiger partial charge in [-0.15, -0.1) is 0 Å². The summed E-state index contributed by atoms with van der Waals surface area (Å²) in [6, 6.07) is 14.1. The molecule has 0 unspecified atom stereocenters. The van der Waals surface area contributed by atoms with Gasteiger partial charge >= 0.3 is 12.0 Å². The molecule has 2 aliphatic heterocycles. The average Bonchev–Trinajstić information content (AvgIpc) is 2.59. The molecule has 2 N–H and O–H groups in total. The second kappa shape index (κ2) is 5.51. The molecule has 25 heavy (non-hydrogen) atoms. The molecule has 4 rings (SSSR count). The van der Waals surface area contributed by atoms with Gasteiger partial charge in [0.25, 0.3) is 0 Å². The first-order chi connectivity index (χ1) is 12.0. The van der Waals surface area contributed by atoms with Crippen LogP contribution in [0.2, 0.25) is 0 Å². The van der Waals surface area contributed by atoms with Crippen LogP contribution in [0.1, 0.15) is 40.9 Å². The molecule has 0 spiro atoms. The number of ether oxygens (including phenoxy) is 1. The fourth-order valence-electron chi connectivity index (χ4n) is 3.55. The van der Waals surface area contributed by atoms with Gasteiger partial charge < -0.3 is 15.2 Å². The van der Waals surface area contributed by atoms with Crippen LogP contribution in [0.5, 0.6) is 5.75 Å². The van der Waals surface area contributed by atoms with E-state index < -0.39 is 11.7 Å². The van der Waals surface area contributed by atoms with E-state index in [1.54, 1.807) is 17.0 Å². The lowest BCUT2D eigenvalue weighted by Gasteiger charge is -2.50. The number of urea groups is 1. The van der Waals surface area contributed by atoms with Crippen LogP contribution >= 0.6 is 0 Å². The number of amides is 2. The van der Waals surface area contributed by atoms with Crippen LogP contribution in [0, 0.1) is 0 Å². The van der Waals surface area contributed by atoms with Gasteiger partial charge in [0.2, 0.25) is 0 Å². The molecule has 6 heteroatoms. The maximum absolute atomic E-state index is 12.7. The van der Waals surface area contributed by atoms with Crippen LogP contribution in [0.3, 0.4) is 0 Å². The lowest BCUT2D eigenvalue weighted by molar-refractivity contribution is -0.0879. The minimum Gasteiger partial charge on any atom is -0.478 e. The molecule has 0 saturated carbocycles. The number of aromatic carboxylic acids is 1. The summed E-state index contributed by atoms with van der Waals surface area (Å²) in [5.74, 6) is -0.384. The molecule has 2 aliphatic rings. The standard InChI is InChI=1S/C19H18N2O4/c1-19-10-15(14-9-13(17(22)23)7-8-16(14)25-19)20-18(24)21(19)11-12-5-3-2-4-6-12/h2-9,15H,10-11H2,1H3,(H,20,24)(H,22,23)/t15-,19+/m0/s1. The summed E-state index contributed by atoms with van der Waals surface area (Å²) in [5, 5.41) is 12.2. The number of carbonyl (C=O) groups excluding carboxylic acids is 1. The summed E-state index contributed by atoms with van der Waals surface area (Å²) in [7, 11) is 0. The van der Waals surface area contributed by atoms with Gasteiger partial charge in [0.15, 0.2) is 5.72 Å². The van der Waals surface area contributed by atoms with Gasteiger partial charge in [-0.3, -0.25) is 4.90 Å². The molecule has 0 aromatic heterocycles. The average molecular weight is 338 g/mol. The first-order valence-electron chi connectivity index (χ1n) is 8.14. The second-order valence-corrected chi connectivity index (χ2v) is 6.61. The quantitative estimate of drug-likeness (QED) is 0.901. The number of benzene rings is 2. The number of hydrogen-bond donors (Lipinski definition) is 2. The molecular weight excluding hydrogens is 320 g/mol. The number of carboxylic acid groups (broad SMARTS) is 1. The summed E-state index contributed by atoms with van der Waals surface area (Å²) >= 11 is 0. The second-order valence-electron chi connectivity index (χ2n) is 6.61. The Balaban J connectivity index is 1.69. The van der Waals surface area contributed by atoms with Gasteiger partial charge in [-0.25, -0.2) is 9.59 Å². The van der Waals surface area contributed by atoms with Crippen molar-refractivity contribution in [1.82, 2.24) is 10.2 Å². The zero-order valence-electron chi connectivity index (χ0n) is 13.7. The first kappa shape index (κ1) is 15.5. The number of rotatable bonds is 3. The van der Waals surface area contributed by atoms with Crippen molar-refractivity contribution in [3.8, 4) is 5.75 Å². The van der Waals surface area contributed by atoms with Crippen LogP contribution in [-0.4, -0.2) is 27.7 Å². The molecule has 1 fully saturated rings. The van der Waals surface area contributed by atoms with E-state index in [4.69, 9.17) is 4.74 Å². The van der Waals surface area contributed by atoms with Crippen LogP contribution < -0.4 is 10.1 Å². The third-order valence-corrected chi connectivity index (χ3v) is 4.84. The summed E-state index contributed by atoms with van der Waals surface area (Å²) < 4.78 is 6.15. The predicted molar refractivity (Wildman–Crippen MR) is 90.3 cm³/mol. The van der Waals surface area contributed by atoms with Gasteiger partial charge in [0.05, 0.1) is 18.2 Å². The Morgan fingerprint density at radius 1 is 1.32 bits per heavy atom. The van der Waals surface area contributed by atoms with E-state index in [-0.39, 0.29) is 17.6 Å². The molecule has 2 atom stereocenters. The lowest BCUT2D eigenvalue weighted by Crippen LogP contribution is -2.64. The molecule has 128 valence electrons. The minimum absolute atomic E-state index is 0.187. The molecule has 2 aromatic carbocycles. The summed E-state index contributed by atoms with van der Waals surface area (Å²) in [6.07, 6.45) is 0.557. The molecule has 2 amide bonds. The van der Waals surface area contributed by atoms with Crippen molar-refractivity contribution in [1.29, 1.82) is 0 Å². The van der Waals surface area contributed by atoms with E-state index >= 15 is 0 Å². The fraction of sp³-hybridized carbons (Fsp3) is 0.263. The number of carboxylic acids is 1. The highest BCUT2D eigenvalue weighted by Gasteiger charge is 2.49. The fourth-order valence-corrected chi connectivity index (χ4v) is 3.55. The highest BCUT2D eigenvalue weighted by molar-refractivity contribution is 5.88. The topological polar surface area (TPSA) is 78.9 Å². The van der Waals surface area contributed by atoms with Crippen molar-refractivity contribution in [3.05, 3.63) is 65.2 Å². The molecule has 6 nitrogen and oxygen atoms in total. The Morgan fingerprint density at radius 2 is 2.08 bits per heavy atom.